The van der Waals surface area contributed by atoms with Crippen molar-refractivity contribution in [2.24, 2.45) is 5.92 Å². The molecule has 2 atom stereocenters. The monoisotopic (exact) mass is 378 g/mol. The molecule has 1 saturated carbocycles. The van der Waals surface area contributed by atoms with E-state index in [9.17, 15) is 9.59 Å². The summed E-state index contributed by atoms with van der Waals surface area (Å²) in [6.07, 6.45) is 5.45. The number of carbonyl (C=O) groups is 2. The van der Waals surface area contributed by atoms with E-state index in [0.717, 1.165) is 43.2 Å². The normalized spacial score (nSPS) is 21.1. The highest BCUT2D eigenvalue weighted by Gasteiger charge is 2.33. The second kappa shape index (κ2) is 9.36. The third-order valence-corrected chi connectivity index (χ3v) is 5.66. The van der Waals surface area contributed by atoms with Crippen molar-refractivity contribution in [3.8, 4) is 0 Å². The Labute approximate surface area is 165 Å². The van der Waals surface area contributed by atoms with Gasteiger partial charge in [0.25, 0.3) is 0 Å². The van der Waals surface area contributed by atoms with Gasteiger partial charge in [0.2, 0.25) is 0 Å². The van der Waals surface area contributed by atoms with Crippen molar-refractivity contribution in [3.05, 3.63) is 77.4 Å². The van der Waals surface area contributed by atoms with Gasteiger partial charge in [-0.25, -0.2) is 4.79 Å². The summed E-state index contributed by atoms with van der Waals surface area (Å²) in [6, 6.07) is 19.8. The highest BCUT2D eigenvalue weighted by atomic mass is 16.4. The van der Waals surface area contributed by atoms with Gasteiger partial charge in [-0.1, -0.05) is 67.1 Å². The van der Waals surface area contributed by atoms with Crippen LogP contribution in [0.5, 0.6) is 0 Å². The van der Waals surface area contributed by atoms with E-state index < -0.39 is 11.9 Å². The lowest BCUT2D eigenvalue weighted by atomic mass is 9.89. The largest absolute Gasteiger partial charge is 0.481 e. The summed E-state index contributed by atoms with van der Waals surface area (Å²) in [6.45, 7) is 0. The minimum atomic E-state index is -0.763. The van der Waals surface area contributed by atoms with Crippen molar-refractivity contribution in [2.45, 2.75) is 44.4 Å². The molecule has 0 saturated heterocycles. The third-order valence-electron chi connectivity index (χ3n) is 5.66. The SMILES string of the molecule is O=C(O)C1=C(c2ccccc2)CCC1.O=C(O)[C@@H]1CCC[C@@H]1c1ccccc1. The number of hydrogen-bond acceptors (Lipinski definition) is 2. The minimum Gasteiger partial charge on any atom is -0.481 e. The molecule has 0 unspecified atom stereocenters. The van der Waals surface area contributed by atoms with Crippen LogP contribution in [-0.4, -0.2) is 22.2 Å². The number of hydrogen-bond donors (Lipinski definition) is 2. The van der Waals surface area contributed by atoms with Gasteiger partial charge in [-0.2, -0.15) is 0 Å². The van der Waals surface area contributed by atoms with Crippen LogP contribution < -0.4 is 0 Å². The Bertz CT molecular complexity index is 839. The van der Waals surface area contributed by atoms with E-state index in [2.05, 4.69) is 0 Å². The van der Waals surface area contributed by atoms with E-state index in [1.807, 2.05) is 60.7 Å². The molecule has 4 rings (SSSR count). The molecule has 2 aromatic carbocycles. The number of carboxylic acid groups (broad SMARTS) is 2. The predicted molar refractivity (Wildman–Crippen MR) is 109 cm³/mol. The third kappa shape index (κ3) is 4.69. The first-order valence-corrected chi connectivity index (χ1v) is 9.86. The minimum absolute atomic E-state index is 0.169. The Balaban J connectivity index is 0.000000161. The van der Waals surface area contributed by atoms with Crippen LogP contribution in [0.25, 0.3) is 5.57 Å². The molecule has 2 aliphatic rings. The summed E-state index contributed by atoms with van der Waals surface area (Å²) in [5.74, 6) is -1.34. The zero-order valence-electron chi connectivity index (χ0n) is 15.9. The molecule has 0 aliphatic heterocycles. The second-order valence-corrected chi connectivity index (χ2v) is 7.37. The van der Waals surface area contributed by atoms with Crippen LogP contribution in [0.1, 0.15) is 55.6 Å². The van der Waals surface area contributed by atoms with Crippen molar-refractivity contribution in [1.29, 1.82) is 0 Å². The second-order valence-electron chi connectivity index (χ2n) is 7.37. The highest BCUT2D eigenvalue weighted by molar-refractivity contribution is 5.97. The molecule has 2 N–H and O–H groups in total. The van der Waals surface area contributed by atoms with Gasteiger partial charge in [-0.05, 0) is 54.7 Å². The first-order chi connectivity index (χ1) is 13.6. The van der Waals surface area contributed by atoms with Crippen molar-refractivity contribution in [3.63, 3.8) is 0 Å². The average Bonchev–Trinajstić information content (AvgIpc) is 3.40. The molecule has 0 amide bonds. The molecule has 2 aliphatic carbocycles. The summed E-state index contributed by atoms with van der Waals surface area (Å²) in [5, 5.41) is 18.0. The molecule has 4 nitrogen and oxygen atoms in total. The van der Waals surface area contributed by atoms with Crippen molar-refractivity contribution < 1.29 is 19.8 Å². The van der Waals surface area contributed by atoms with E-state index in [1.165, 1.54) is 5.56 Å². The van der Waals surface area contributed by atoms with Crippen LogP contribution in [0.15, 0.2) is 66.2 Å². The maximum Gasteiger partial charge on any atom is 0.331 e. The molecule has 0 bridgehead atoms. The number of rotatable bonds is 4. The van der Waals surface area contributed by atoms with Crippen LogP contribution in [-0.2, 0) is 9.59 Å². The summed E-state index contributed by atoms with van der Waals surface area (Å²) in [4.78, 5) is 21.9. The molecular formula is C24H26O4. The van der Waals surface area contributed by atoms with E-state index in [4.69, 9.17) is 10.2 Å². The molecule has 2 aromatic rings. The smallest absolute Gasteiger partial charge is 0.331 e. The van der Waals surface area contributed by atoms with E-state index in [-0.39, 0.29) is 11.8 Å². The first-order valence-electron chi connectivity index (χ1n) is 9.86. The fraction of sp³-hybridized carbons (Fsp3) is 0.333. The molecule has 146 valence electrons. The van der Waals surface area contributed by atoms with Crippen molar-refractivity contribution >= 4 is 17.5 Å². The van der Waals surface area contributed by atoms with E-state index >= 15 is 0 Å². The van der Waals surface area contributed by atoms with Crippen LogP contribution in [0.4, 0.5) is 0 Å². The number of allylic oxidation sites excluding steroid dienone is 1. The quantitative estimate of drug-likeness (QED) is 0.751. The van der Waals surface area contributed by atoms with Crippen LogP contribution in [0.3, 0.4) is 0 Å². The fourth-order valence-electron chi connectivity index (χ4n) is 4.29. The number of benzene rings is 2. The zero-order chi connectivity index (χ0) is 19.9. The molecule has 0 aromatic heterocycles. The Kier molecular flexibility index (Phi) is 6.64. The molecule has 0 heterocycles. The highest BCUT2D eigenvalue weighted by Crippen LogP contribution is 2.39. The van der Waals surface area contributed by atoms with Crippen LogP contribution in [0.2, 0.25) is 0 Å². The Morgan fingerprint density at radius 1 is 0.786 bits per heavy atom. The molecule has 28 heavy (non-hydrogen) atoms. The molecule has 0 spiro atoms. The van der Waals surface area contributed by atoms with Crippen LogP contribution in [0, 0.1) is 5.92 Å². The van der Waals surface area contributed by atoms with Gasteiger partial charge in [-0.15, -0.1) is 0 Å². The van der Waals surface area contributed by atoms with Gasteiger partial charge in [0, 0.05) is 5.57 Å². The van der Waals surface area contributed by atoms with Crippen LogP contribution >= 0.6 is 0 Å². The zero-order valence-corrected chi connectivity index (χ0v) is 15.9. The lowest BCUT2D eigenvalue weighted by Gasteiger charge is -2.15. The summed E-state index contributed by atoms with van der Waals surface area (Å²) in [5.41, 5.74) is 3.84. The maximum absolute atomic E-state index is 11.0. The molecule has 4 heteroatoms. The Morgan fingerprint density at radius 2 is 1.43 bits per heavy atom. The number of aliphatic carboxylic acids is 2. The lowest BCUT2D eigenvalue weighted by Crippen LogP contribution is -2.16. The summed E-state index contributed by atoms with van der Waals surface area (Å²) < 4.78 is 0. The standard InChI is InChI=1S/C12H14O2.C12H12O2/c2*13-12(14)11-8-4-7-10(11)9-5-2-1-3-6-9/h1-3,5-6,10-11H,4,7-8H2,(H,13,14);1-3,5-6H,4,7-8H2,(H,13,14)/t10-,11-;/m1./s1. The van der Waals surface area contributed by atoms with Gasteiger partial charge in [0.05, 0.1) is 5.92 Å². The summed E-state index contributed by atoms with van der Waals surface area (Å²) >= 11 is 0. The predicted octanol–water partition coefficient (Wildman–Crippen LogP) is 5.36. The van der Waals surface area contributed by atoms with Gasteiger partial charge in [0.1, 0.15) is 0 Å². The maximum atomic E-state index is 11.0. The Morgan fingerprint density at radius 3 is 2.04 bits per heavy atom. The van der Waals surface area contributed by atoms with Crippen molar-refractivity contribution in [2.75, 3.05) is 0 Å². The van der Waals surface area contributed by atoms with Gasteiger partial charge < -0.3 is 10.2 Å². The van der Waals surface area contributed by atoms with Crippen molar-refractivity contribution in [1.82, 2.24) is 0 Å². The molecular weight excluding hydrogens is 352 g/mol. The Hall–Kier alpha value is -2.88. The topological polar surface area (TPSA) is 74.6 Å². The van der Waals surface area contributed by atoms with Gasteiger partial charge >= 0.3 is 11.9 Å². The van der Waals surface area contributed by atoms with Gasteiger partial charge in [-0.3, -0.25) is 4.79 Å². The lowest BCUT2D eigenvalue weighted by molar-refractivity contribution is -0.142. The first kappa shape index (κ1) is 19.9. The summed E-state index contributed by atoms with van der Waals surface area (Å²) in [7, 11) is 0. The fourth-order valence-corrected chi connectivity index (χ4v) is 4.29. The van der Waals surface area contributed by atoms with E-state index in [0.29, 0.717) is 12.0 Å². The van der Waals surface area contributed by atoms with Gasteiger partial charge in [0.15, 0.2) is 0 Å². The number of carboxylic acids is 2. The average molecular weight is 378 g/mol. The molecule has 1 fully saturated rings. The molecule has 0 radical (unpaired) electrons. The van der Waals surface area contributed by atoms with E-state index in [1.54, 1.807) is 0 Å².